The Hall–Kier alpha value is -3.09. The number of aromatic hydroxyl groups is 1. The number of nitrogens with one attached hydrogen (secondary N) is 2. The third-order valence-corrected chi connectivity index (χ3v) is 4.48. The second-order valence-corrected chi connectivity index (χ2v) is 6.20. The van der Waals surface area contributed by atoms with Gasteiger partial charge in [0.2, 0.25) is 0 Å². The molecule has 0 bridgehead atoms. The van der Waals surface area contributed by atoms with Crippen molar-refractivity contribution in [3.05, 3.63) is 53.0 Å². The number of carbonyl (C=O) groups excluding carboxylic acids is 1. The van der Waals surface area contributed by atoms with E-state index in [2.05, 4.69) is 34.5 Å². The van der Waals surface area contributed by atoms with Crippen LogP contribution in [0.5, 0.6) is 5.75 Å². The minimum Gasteiger partial charge on any atom is -0.508 e. The molecule has 0 aliphatic heterocycles. The van der Waals surface area contributed by atoms with Crippen LogP contribution in [0.4, 0.5) is 0 Å². The van der Waals surface area contributed by atoms with Gasteiger partial charge in [0.05, 0.1) is 17.9 Å². The number of hydrogen-bond acceptors (Lipinski definition) is 4. The molecule has 0 saturated carbocycles. The van der Waals surface area contributed by atoms with Gasteiger partial charge in [-0.1, -0.05) is 6.92 Å². The molecule has 0 aliphatic carbocycles. The number of aromatic nitrogens is 4. The Morgan fingerprint density at radius 1 is 1.27 bits per heavy atom. The SMILES string of the molecule is CCc1c(C)nn(CCNC(=O)c2cc(-c3ccc(O)cc3)n[nH]2)c1C. The van der Waals surface area contributed by atoms with E-state index in [1.54, 1.807) is 30.3 Å². The van der Waals surface area contributed by atoms with Crippen LogP contribution in [-0.2, 0) is 13.0 Å². The number of nitrogens with zero attached hydrogens (tertiary/aromatic N) is 3. The zero-order valence-corrected chi connectivity index (χ0v) is 15.2. The average Bonchev–Trinajstić information content (AvgIpc) is 3.21. The van der Waals surface area contributed by atoms with Gasteiger partial charge in [0.1, 0.15) is 11.4 Å². The van der Waals surface area contributed by atoms with Crippen molar-refractivity contribution in [3.63, 3.8) is 0 Å². The van der Waals surface area contributed by atoms with Crippen molar-refractivity contribution >= 4 is 5.91 Å². The minimum absolute atomic E-state index is 0.192. The van der Waals surface area contributed by atoms with E-state index in [1.165, 1.54) is 5.56 Å². The number of aromatic amines is 1. The fourth-order valence-electron chi connectivity index (χ4n) is 3.05. The first-order chi connectivity index (χ1) is 12.5. The summed E-state index contributed by atoms with van der Waals surface area (Å²) in [6.07, 6.45) is 0.957. The summed E-state index contributed by atoms with van der Waals surface area (Å²) in [5, 5.41) is 23.7. The maximum atomic E-state index is 12.3. The Balaban J connectivity index is 1.60. The largest absolute Gasteiger partial charge is 0.508 e. The van der Waals surface area contributed by atoms with Gasteiger partial charge < -0.3 is 10.4 Å². The van der Waals surface area contributed by atoms with Gasteiger partial charge in [-0.3, -0.25) is 14.6 Å². The standard InChI is InChI=1S/C19H23N5O2/c1-4-16-12(2)23-24(13(16)3)10-9-20-19(26)18-11-17(21-22-18)14-5-7-15(25)8-6-14/h5-8,11,25H,4,9-10H2,1-3H3,(H,20,26)(H,21,22). The first-order valence-electron chi connectivity index (χ1n) is 8.65. The molecule has 7 heteroatoms. The van der Waals surface area contributed by atoms with Gasteiger partial charge in [-0.25, -0.2) is 0 Å². The first-order valence-corrected chi connectivity index (χ1v) is 8.65. The summed E-state index contributed by atoms with van der Waals surface area (Å²) >= 11 is 0. The smallest absolute Gasteiger partial charge is 0.269 e. The van der Waals surface area contributed by atoms with Crippen LogP contribution in [0.25, 0.3) is 11.3 Å². The molecule has 3 N–H and O–H groups in total. The predicted molar refractivity (Wildman–Crippen MR) is 99.1 cm³/mol. The van der Waals surface area contributed by atoms with E-state index in [4.69, 9.17) is 0 Å². The molecule has 0 atom stereocenters. The summed E-state index contributed by atoms with van der Waals surface area (Å²) in [6.45, 7) is 7.29. The fraction of sp³-hybridized carbons (Fsp3) is 0.316. The van der Waals surface area contributed by atoms with E-state index in [0.717, 1.165) is 23.4 Å². The lowest BCUT2D eigenvalue weighted by Crippen LogP contribution is -2.28. The van der Waals surface area contributed by atoms with E-state index >= 15 is 0 Å². The van der Waals surface area contributed by atoms with Gasteiger partial charge in [-0.2, -0.15) is 10.2 Å². The Morgan fingerprint density at radius 3 is 2.65 bits per heavy atom. The number of carbonyl (C=O) groups is 1. The second kappa shape index (κ2) is 7.43. The molecule has 0 saturated heterocycles. The van der Waals surface area contributed by atoms with Crippen molar-refractivity contribution in [1.82, 2.24) is 25.3 Å². The molecule has 3 aromatic rings. The molecule has 1 amide bonds. The van der Waals surface area contributed by atoms with Gasteiger partial charge in [-0.15, -0.1) is 0 Å². The third-order valence-electron chi connectivity index (χ3n) is 4.48. The zero-order chi connectivity index (χ0) is 18.7. The van der Waals surface area contributed by atoms with Gasteiger partial charge >= 0.3 is 0 Å². The van der Waals surface area contributed by atoms with Gasteiger partial charge in [0.25, 0.3) is 5.91 Å². The van der Waals surface area contributed by atoms with E-state index in [1.807, 2.05) is 11.6 Å². The van der Waals surface area contributed by atoms with Crippen molar-refractivity contribution in [2.24, 2.45) is 0 Å². The van der Waals surface area contributed by atoms with Crippen molar-refractivity contribution < 1.29 is 9.90 Å². The van der Waals surface area contributed by atoms with Crippen LogP contribution in [-0.4, -0.2) is 37.5 Å². The number of phenols is 1. The summed E-state index contributed by atoms with van der Waals surface area (Å²) in [5.41, 5.74) is 5.34. The summed E-state index contributed by atoms with van der Waals surface area (Å²) < 4.78 is 1.93. The van der Waals surface area contributed by atoms with Crippen LogP contribution in [0.2, 0.25) is 0 Å². The summed E-state index contributed by atoms with van der Waals surface area (Å²) in [7, 11) is 0. The molecule has 1 aromatic carbocycles. The quantitative estimate of drug-likeness (QED) is 0.635. The topological polar surface area (TPSA) is 95.8 Å². The molecule has 2 heterocycles. The van der Waals surface area contributed by atoms with Crippen molar-refractivity contribution in [2.45, 2.75) is 33.7 Å². The Morgan fingerprint density at radius 2 is 2.00 bits per heavy atom. The highest BCUT2D eigenvalue weighted by molar-refractivity contribution is 5.93. The van der Waals surface area contributed by atoms with Crippen molar-refractivity contribution in [2.75, 3.05) is 6.54 Å². The van der Waals surface area contributed by atoms with E-state index in [9.17, 15) is 9.90 Å². The molecule has 0 spiro atoms. The number of phenolic OH excluding ortho intramolecular Hbond substituents is 1. The normalized spacial score (nSPS) is 10.9. The van der Waals surface area contributed by atoms with Gasteiger partial charge in [0, 0.05) is 17.8 Å². The number of benzene rings is 1. The van der Waals surface area contributed by atoms with Crippen molar-refractivity contribution in [1.29, 1.82) is 0 Å². The van der Waals surface area contributed by atoms with Crippen LogP contribution in [0.1, 0.15) is 34.4 Å². The average molecular weight is 353 g/mol. The summed E-state index contributed by atoms with van der Waals surface area (Å²) in [6, 6.07) is 8.37. The van der Waals surface area contributed by atoms with Crippen LogP contribution >= 0.6 is 0 Å². The van der Waals surface area contributed by atoms with Crippen LogP contribution in [0, 0.1) is 13.8 Å². The summed E-state index contributed by atoms with van der Waals surface area (Å²) in [4.78, 5) is 12.3. The lowest BCUT2D eigenvalue weighted by atomic mass is 10.1. The molecular weight excluding hydrogens is 330 g/mol. The highest BCUT2D eigenvalue weighted by Gasteiger charge is 2.12. The predicted octanol–water partition coefficient (Wildman–Crippen LogP) is 2.59. The van der Waals surface area contributed by atoms with Crippen molar-refractivity contribution in [3.8, 4) is 17.0 Å². The van der Waals surface area contributed by atoms with Gasteiger partial charge in [-0.05, 0) is 56.2 Å². The van der Waals surface area contributed by atoms with E-state index in [-0.39, 0.29) is 11.7 Å². The molecule has 0 fully saturated rings. The molecule has 0 aliphatic rings. The van der Waals surface area contributed by atoms with Crippen LogP contribution in [0.15, 0.2) is 30.3 Å². The Kier molecular flexibility index (Phi) is 5.06. The molecule has 7 nitrogen and oxygen atoms in total. The number of H-pyrrole nitrogens is 1. The molecule has 0 unspecified atom stereocenters. The van der Waals surface area contributed by atoms with E-state index < -0.39 is 0 Å². The molecule has 3 rings (SSSR count). The second-order valence-electron chi connectivity index (χ2n) is 6.20. The number of rotatable bonds is 6. The highest BCUT2D eigenvalue weighted by atomic mass is 16.3. The fourth-order valence-corrected chi connectivity index (χ4v) is 3.05. The molecular formula is C19H23N5O2. The number of amides is 1. The Labute approximate surface area is 152 Å². The Bertz CT molecular complexity index is 909. The number of hydrogen-bond donors (Lipinski definition) is 3. The lowest BCUT2D eigenvalue weighted by Gasteiger charge is -2.06. The molecule has 0 radical (unpaired) electrons. The maximum absolute atomic E-state index is 12.3. The summed E-state index contributed by atoms with van der Waals surface area (Å²) in [5.74, 6) is -0.0163. The minimum atomic E-state index is -0.209. The van der Waals surface area contributed by atoms with Crippen LogP contribution in [0.3, 0.4) is 0 Å². The van der Waals surface area contributed by atoms with Crippen LogP contribution < -0.4 is 5.32 Å². The maximum Gasteiger partial charge on any atom is 0.269 e. The monoisotopic (exact) mass is 353 g/mol. The van der Waals surface area contributed by atoms with Gasteiger partial charge in [0.15, 0.2) is 0 Å². The molecule has 136 valence electrons. The zero-order valence-electron chi connectivity index (χ0n) is 15.2. The van der Waals surface area contributed by atoms with E-state index in [0.29, 0.717) is 24.5 Å². The molecule has 26 heavy (non-hydrogen) atoms. The first kappa shape index (κ1) is 17.7. The molecule has 2 aromatic heterocycles. The number of aryl methyl sites for hydroxylation is 1. The highest BCUT2D eigenvalue weighted by Crippen LogP contribution is 2.20. The lowest BCUT2D eigenvalue weighted by molar-refractivity contribution is 0.0947. The third kappa shape index (κ3) is 3.61.